The van der Waals surface area contributed by atoms with Gasteiger partial charge in [0.15, 0.2) is 11.5 Å². The van der Waals surface area contributed by atoms with Crippen molar-refractivity contribution in [3.63, 3.8) is 0 Å². The van der Waals surface area contributed by atoms with Crippen molar-refractivity contribution in [1.29, 1.82) is 0 Å². The number of para-hydroxylation sites is 2. The normalized spacial score (nSPS) is 12.0. The van der Waals surface area contributed by atoms with Gasteiger partial charge in [0.25, 0.3) is 0 Å². The minimum Gasteiger partial charge on any atom is -0.493 e. The summed E-state index contributed by atoms with van der Waals surface area (Å²) >= 11 is 0. The minimum absolute atomic E-state index is 0.498. The van der Waals surface area contributed by atoms with Crippen molar-refractivity contribution < 1.29 is 14.6 Å². The molecule has 0 aliphatic heterocycles. The molecule has 0 heterocycles. The summed E-state index contributed by atoms with van der Waals surface area (Å²) in [6.45, 7) is 3.70. The Kier molecular flexibility index (Phi) is 6.25. The average molecular weight is 301 g/mol. The molecule has 2 rings (SSSR count). The number of rotatable bonds is 8. The van der Waals surface area contributed by atoms with Crippen molar-refractivity contribution in [3.8, 4) is 11.5 Å². The molecule has 0 bridgehead atoms. The Morgan fingerprint density at radius 3 is 2.41 bits per heavy atom. The second-order valence-electron chi connectivity index (χ2n) is 5.13. The van der Waals surface area contributed by atoms with Crippen molar-refractivity contribution >= 4 is 0 Å². The number of aliphatic hydroxyl groups is 1. The number of nitrogens with one attached hydrogen (secondary N) is 1. The Labute approximate surface area is 131 Å². The van der Waals surface area contributed by atoms with Gasteiger partial charge in [-0.1, -0.05) is 42.0 Å². The van der Waals surface area contributed by atoms with Crippen LogP contribution < -0.4 is 14.8 Å². The Morgan fingerprint density at radius 1 is 1.05 bits per heavy atom. The minimum atomic E-state index is -0.508. The van der Waals surface area contributed by atoms with E-state index in [-0.39, 0.29) is 0 Å². The summed E-state index contributed by atoms with van der Waals surface area (Å²) in [5, 5.41) is 13.3. The Bertz CT molecular complexity index is 569. The van der Waals surface area contributed by atoms with Gasteiger partial charge in [-0.2, -0.15) is 0 Å². The number of aryl methyl sites for hydroxylation is 1. The number of benzene rings is 2. The molecule has 2 aromatic rings. The smallest absolute Gasteiger partial charge is 0.161 e. The molecule has 118 valence electrons. The van der Waals surface area contributed by atoms with Crippen LogP contribution >= 0.6 is 0 Å². The zero-order valence-electron chi connectivity index (χ0n) is 13.1. The van der Waals surface area contributed by atoms with Gasteiger partial charge in [0, 0.05) is 13.1 Å². The summed E-state index contributed by atoms with van der Waals surface area (Å²) in [5.41, 5.74) is 2.11. The second kappa shape index (κ2) is 8.41. The van der Waals surface area contributed by atoms with E-state index in [4.69, 9.17) is 9.47 Å². The maximum Gasteiger partial charge on any atom is 0.161 e. The monoisotopic (exact) mass is 301 g/mol. The third kappa shape index (κ3) is 4.76. The van der Waals surface area contributed by atoms with Crippen LogP contribution in [0.1, 0.15) is 17.2 Å². The molecule has 4 nitrogen and oxygen atoms in total. The lowest BCUT2D eigenvalue weighted by atomic mass is 10.1. The summed E-state index contributed by atoms with van der Waals surface area (Å²) in [4.78, 5) is 0. The van der Waals surface area contributed by atoms with E-state index in [1.54, 1.807) is 7.11 Å². The van der Waals surface area contributed by atoms with Gasteiger partial charge in [-0.05, 0) is 24.6 Å². The maximum atomic E-state index is 10.1. The summed E-state index contributed by atoms with van der Waals surface area (Å²) in [6, 6.07) is 15.5. The third-order valence-electron chi connectivity index (χ3n) is 3.41. The fourth-order valence-corrected chi connectivity index (χ4v) is 2.12. The van der Waals surface area contributed by atoms with Crippen LogP contribution in [0.3, 0.4) is 0 Å². The molecule has 0 saturated carbocycles. The van der Waals surface area contributed by atoms with E-state index in [0.717, 1.165) is 17.1 Å². The summed E-state index contributed by atoms with van der Waals surface area (Å²) in [6.07, 6.45) is -0.508. The molecule has 22 heavy (non-hydrogen) atoms. The van der Waals surface area contributed by atoms with Gasteiger partial charge < -0.3 is 19.9 Å². The van der Waals surface area contributed by atoms with E-state index in [0.29, 0.717) is 19.7 Å². The van der Waals surface area contributed by atoms with Gasteiger partial charge in [-0.3, -0.25) is 0 Å². The molecule has 0 radical (unpaired) electrons. The molecule has 1 atom stereocenters. The molecular weight excluding hydrogens is 278 g/mol. The van der Waals surface area contributed by atoms with Gasteiger partial charge in [0.1, 0.15) is 6.61 Å². The molecule has 2 N–H and O–H groups in total. The largest absolute Gasteiger partial charge is 0.493 e. The highest BCUT2D eigenvalue weighted by molar-refractivity contribution is 5.39. The highest BCUT2D eigenvalue weighted by Crippen LogP contribution is 2.25. The zero-order chi connectivity index (χ0) is 15.8. The van der Waals surface area contributed by atoms with Gasteiger partial charge in [0.2, 0.25) is 0 Å². The molecular formula is C18H23NO3. The summed E-state index contributed by atoms with van der Waals surface area (Å²) < 4.78 is 10.9. The Hall–Kier alpha value is -2.04. The lowest BCUT2D eigenvalue weighted by Gasteiger charge is -2.14. The predicted octanol–water partition coefficient (Wildman–Crippen LogP) is 2.71. The predicted molar refractivity (Wildman–Crippen MR) is 87.5 cm³/mol. The molecule has 0 aliphatic carbocycles. The van der Waals surface area contributed by atoms with Gasteiger partial charge in [-0.15, -0.1) is 0 Å². The van der Waals surface area contributed by atoms with Crippen molar-refractivity contribution in [3.05, 3.63) is 59.7 Å². The first-order valence-corrected chi connectivity index (χ1v) is 7.42. The fraction of sp³-hybridized carbons (Fsp3) is 0.333. The number of hydrogen-bond donors (Lipinski definition) is 2. The molecule has 0 fully saturated rings. The quantitative estimate of drug-likeness (QED) is 0.736. The molecule has 0 aromatic heterocycles. The number of ether oxygens (including phenoxy) is 2. The lowest BCUT2D eigenvalue weighted by molar-refractivity contribution is 0.171. The van der Waals surface area contributed by atoms with Gasteiger partial charge in [-0.25, -0.2) is 0 Å². The van der Waals surface area contributed by atoms with Crippen LogP contribution in [0.2, 0.25) is 0 Å². The van der Waals surface area contributed by atoms with Crippen LogP contribution in [0.25, 0.3) is 0 Å². The van der Waals surface area contributed by atoms with Crippen molar-refractivity contribution in [2.75, 3.05) is 26.8 Å². The first kappa shape index (κ1) is 16.3. The van der Waals surface area contributed by atoms with Crippen molar-refractivity contribution in [1.82, 2.24) is 5.32 Å². The van der Waals surface area contributed by atoms with Crippen LogP contribution in [0.5, 0.6) is 11.5 Å². The first-order valence-electron chi connectivity index (χ1n) is 7.42. The van der Waals surface area contributed by atoms with E-state index < -0.39 is 6.10 Å². The lowest BCUT2D eigenvalue weighted by Crippen LogP contribution is -2.26. The Balaban J connectivity index is 1.70. The van der Waals surface area contributed by atoms with Crippen LogP contribution in [0.15, 0.2) is 48.5 Å². The molecule has 0 spiro atoms. The zero-order valence-corrected chi connectivity index (χ0v) is 13.1. The topological polar surface area (TPSA) is 50.7 Å². The van der Waals surface area contributed by atoms with E-state index in [1.165, 1.54) is 5.56 Å². The Morgan fingerprint density at radius 2 is 1.73 bits per heavy atom. The molecule has 4 heteroatoms. The molecule has 2 aromatic carbocycles. The summed E-state index contributed by atoms with van der Waals surface area (Å²) in [7, 11) is 1.62. The van der Waals surface area contributed by atoms with Crippen LogP contribution in [0.4, 0.5) is 0 Å². The van der Waals surface area contributed by atoms with Crippen LogP contribution in [0, 0.1) is 6.92 Å². The highest BCUT2D eigenvalue weighted by Gasteiger charge is 2.06. The highest BCUT2D eigenvalue weighted by atomic mass is 16.5. The first-order chi connectivity index (χ1) is 10.7. The molecule has 1 unspecified atom stereocenters. The molecule has 0 amide bonds. The third-order valence-corrected chi connectivity index (χ3v) is 3.41. The van der Waals surface area contributed by atoms with E-state index in [1.807, 2.05) is 55.5 Å². The number of methoxy groups -OCH3 is 1. The van der Waals surface area contributed by atoms with E-state index in [2.05, 4.69) is 5.32 Å². The summed E-state index contributed by atoms with van der Waals surface area (Å²) in [5.74, 6) is 1.45. The van der Waals surface area contributed by atoms with Gasteiger partial charge in [0.05, 0.1) is 13.2 Å². The van der Waals surface area contributed by atoms with Crippen molar-refractivity contribution in [2.45, 2.75) is 13.0 Å². The van der Waals surface area contributed by atoms with E-state index in [9.17, 15) is 5.11 Å². The second-order valence-corrected chi connectivity index (χ2v) is 5.13. The standard InChI is InChI=1S/C18H23NO3/c1-14-7-9-15(10-8-14)16(20)13-19-11-12-22-18-6-4-3-5-17(18)21-2/h3-10,16,19-20H,11-13H2,1-2H3. The van der Waals surface area contributed by atoms with Crippen LogP contribution in [-0.4, -0.2) is 31.9 Å². The van der Waals surface area contributed by atoms with Crippen molar-refractivity contribution in [2.24, 2.45) is 0 Å². The van der Waals surface area contributed by atoms with Gasteiger partial charge >= 0.3 is 0 Å². The fourth-order valence-electron chi connectivity index (χ4n) is 2.12. The maximum absolute atomic E-state index is 10.1. The number of aliphatic hydroxyl groups excluding tert-OH is 1. The SMILES string of the molecule is COc1ccccc1OCCNCC(O)c1ccc(C)cc1. The average Bonchev–Trinajstić information content (AvgIpc) is 2.55. The van der Waals surface area contributed by atoms with E-state index >= 15 is 0 Å². The molecule has 0 saturated heterocycles. The van der Waals surface area contributed by atoms with Crippen LogP contribution in [-0.2, 0) is 0 Å². The number of hydrogen-bond acceptors (Lipinski definition) is 4. The molecule has 0 aliphatic rings.